The van der Waals surface area contributed by atoms with Crippen molar-refractivity contribution in [1.29, 1.82) is 0 Å². The molecule has 3 rings (SSSR count). The highest BCUT2D eigenvalue weighted by Crippen LogP contribution is 2.22. The topological polar surface area (TPSA) is 115 Å². The van der Waals surface area contributed by atoms with Crippen molar-refractivity contribution in [2.45, 2.75) is 20.4 Å². The molecule has 2 heterocycles. The van der Waals surface area contributed by atoms with E-state index in [4.69, 9.17) is 39.3 Å². The molecule has 0 radical (unpaired) electrons. The molecule has 12 heteroatoms. The monoisotopic (exact) mass is 470 g/mol. The zero-order valence-corrected chi connectivity index (χ0v) is 18.3. The lowest BCUT2D eigenvalue weighted by Crippen LogP contribution is -2.34. The highest BCUT2D eigenvalue weighted by atomic mass is 35.5. The van der Waals surface area contributed by atoms with E-state index < -0.39 is 5.91 Å². The summed E-state index contributed by atoms with van der Waals surface area (Å²) in [6, 6.07) is 4.56. The van der Waals surface area contributed by atoms with E-state index in [2.05, 4.69) is 25.9 Å². The van der Waals surface area contributed by atoms with Crippen molar-refractivity contribution in [3.8, 4) is 0 Å². The Bertz CT molecular complexity index is 1100. The molecule has 2 amide bonds. The third-order valence-electron chi connectivity index (χ3n) is 4.12. The molecule has 2 N–H and O–H groups in total. The van der Waals surface area contributed by atoms with Crippen LogP contribution in [0.25, 0.3) is 0 Å². The van der Waals surface area contributed by atoms with Gasteiger partial charge in [-0.05, 0) is 32.0 Å². The lowest BCUT2D eigenvalue weighted by Gasteiger charge is -2.06. The molecule has 0 atom stereocenters. The van der Waals surface area contributed by atoms with Crippen molar-refractivity contribution < 1.29 is 14.1 Å². The zero-order chi connectivity index (χ0) is 21.8. The first-order valence-corrected chi connectivity index (χ1v) is 9.93. The fourth-order valence-electron chi connectivity index (χ4n) is 2.54. The van der Waals surface area contributed by atoms with Crippen molar-refractivity contribution in [2.75, 3.05) is 13.1 Å². The van der Waals surface area contributed by atoms with Crippen LogP contribution in [0.4, 0.5) is 0 Å². The number of benzene rings is 1. The highest BCUT2D eigenvalue weighted by molar-refractivity contribution is 6.42. The summed E-state index contributed by atoms with van der Waals surface area (Å²) in [6.07, 6.45) is 0. The number of halogens is 3. The number of aryl methyl sites for hydroxylation is 1. The molecule has 2 aromatic heterocycles. The van der Waals surface area contributed by atoms with E-state index in [1.54, 1.807) is 17.7 Å². The van der Waals surface area contributed by atoms with Crippen LogP contribution in [-0.2, 0) is 6.54 Å². The van der Waals surface area contributed by atoms with Crippen LogP contribution in [0.3, 0.4) is 0 Å². The number of carbonyl (C=O) groups excluding carboxylic acids is 2. The molecule has 0 aliphatic rings. The number of carbonyl (C=O) groups is 2. The van der Waals surface area contributed by atoms with Crippen LogP contribution in [0.1, 0.15) is 38.3 Å². The summed E-state index contributed by atoms with van der Waals surface area (Å²) in [5.74, 6) is -0.792. The van der Waals surface area contributed by atoms with E-state index in [0.29, 0.717) is 21.3 Å². The Balaban J connectivity index is 1.48. The molecule has 158 valence electrons. The van der Waals surface area contributed by atoms with Crippen molar-refractivity contribution in [3.63, 3.8) is 0 Å². The van der Waals surface area contributed by atoms with Gasteiger partial charge >= 0.3 is 11.8 Å². The van der Waals surface area contributed by atoms with Crippen LogP contribution in [0, 0.1) is 13.8 Å². The molecule has 0 fully saturated rings. The number of nitrogens with zero attached hydrogens (tertiary/aromatic N) is 4. The standard InChI is InChI=1S/C18H17Cl3N6O3/c1-9-15(21)10(2)27(25-9)8-14-24-18(30-26-14)17(29)23-6-5-22-16(28)11-3-4-12(19)13(20)7-11/h3-4,7H,5-6,8H2,1-2H3,(H,22,28)(H,23,29). The van der Waals surface area contributed by atoms with Gasteiger partial charge in [0.15, 0.2) is 5.82 Å². The molecule has 3 aromatic rings. The molecule has 1 aromatic carbocycles. The summed E-state index contributed by atoms with van der Waals surface area (Å²) < 4.78 is 6.61. The number of nitrogens with one attached hydrogen (secondary N) is 2. The summed E-state index contributed by atoms with van der Waals surface area (Å²) in [6.45, 7) is 4.19. The van der Waals surface area contributed by atoms with Gasteiger partial charge < -0.3 is 15.2 Å². The summed E-state index contributed by atoms with van der Waals surface area (Å²) in [5, 5.41) is 14.5. The molecule has 0 aliphatic carbocycles. The second-order valence-corrected chi connectivity index (χ2v) is 7.49. The Labute approximate surface area is 186 Å². The Morgan fingerprint density at radius 3 is 2.40 bits per heavy atom. The molecular weight excluding hydrogens is 455 g/mol. The predicted molar refractivity (Wildman–Crippen MR) is 111 cm³/mol. The maximum absolute atomic E-state index is 12.1. The van der Waals surface area contributed by atoms with Crippen LogP contribution < -0.4 is 10.6 Å². The average molecular weight is 472 g/mol. The lowest BCUT2D eigenvalue weighted by atomic mass is 10.2. The first-order chi connectivity index (χ1) is 14.3. The summed E-state index contributed by atoms with van der Waals surface area (Å²) >= 11 is 17.8. The normalized spacial score (nSPS) is 10.8. The molecular formula is C18H17Cl3N6O3. The molecule has 0 saturated heterocycles. The van der Waals surface area contributed by atoms with E-state index >= 15 is 0 Å². The molecule has 0 saturated carbocycles. The van der Waals surface area contributed by atoms with Gasteiger partial charge in [-0.25, -0.2) is 0 Å². The minimum absolute atomic E-state index is 0.163. The summed E-state index contributed by atoms with van der Waals surface area (Å²) in [4.78, 5) is 28.3. The number of amides is 2. The minimum Gasteiger partial charge on any atom is -0.350 e. The van der Waals surface area contributed by atoms with Crippen LogP contribution in [0.15, 0.2) is 22.7 Å². The van der Waals surface area contributed by atoms with Gasteiger partial charge in [0.25, 0.3) is 5.91 Å². The Hall–Kier alpha value is -2.62. The fourth-order valence-corrected chi connectivity index (χ4v) is 2.97. The largest absolute Gasteiger partial charge is 0.350 e. The Morgan fingerprint density at radius 1 is 1.07 bits per heavy atom. The number of hydrogen-bond donors (Lipinski definition) is 2. The van der Waals surface area contributed by atoms with Crippen LogP contribution >= 0.6 is 34.8 Å². The highest BCUT2D eigenvalue weighted by Gasteiger charge is 2.17. The quantitative estimate of drug-likeness (QED) is 0.512. The number of hydrogen-bond acceptors (Lipinski definition) is 6. The van der Waals surface area contributed by atoms with Crippen molar-refractivity contribution in [2.24, 2.45) is 0 Å². The average Bonchev–Trinajstić information content (AvgIpc) is 3.28. The molecule has 0 aliphatic heterocycles. The minimum atomic E-state index is -0.552. The van der Waals surface area contributed by atoms with Crippen molar-refractivity contribution in [1.82, 2.24) is 30.6 Å². The van der Waals surface area contributed by atoms with E-state index in [0.717, 1.165) is 5.69 Å². The van der Waals surface area contributed by atoms with Gasteiger partial charge in [-0.1, -0.05) is 40.0 Å². The van der Waals surface area contributed by atoms with Gasteiger partial charge in [-0.2, -0.15) is 10.1 Å². The SMILES string of the molecule is Cc1nn(Cc2noc(C(=O)NCCNC(=O)c3ccc(Cl)c(Cl)c3)n2)c(C)c1Cl. The van der Waals surface area contributed by atoms with Crippen molar-refractivity contribution >= 4 is 46.6 Å². The van der Waals surface area contributed by atoms with Crippen LogP contribution in [0.5, 0.6) is 0 Å². The van der Waals surface area contributed by atoms with Gasteiger partial charge in [0.1, 0.15) is 6.54 Å². The van der Waals surface area contributed by atoms with Gasteiger partial charge in [0.2, 0.25) is 0 Å². The van der Waals surface area contributed by atoms with Crippen LogP contribution in [-0.4, -0.2) is 44.8 Å². The van der Waals surface area contributed by atoms with Crippen molar-refractivity contribution in [3.05, 3.63) is 61.9 Å². The maximum atomic E-state index is 12.1. The number of aromatic nitrogens is 4. The second-order valence-electron chi connectivity index (χ2n) is 6.30. The fraction of sp³-hybridized carbons (Fsp3) is 0.278. The van der Waals surface area contributed by atoms with E-state index in [9.17, 15) is 9.59 Å². The second kappa shape index (κ2) is 9.46. The lowest BCUT2D eigenvalue weighted by molar-refractivity contribution is 0.0898. The smallest absolute Gasteiger partial charge is 0.316 e. The van der Waals surface area contributed by atoms with E-state index in [1.165, 1.54) is 12.1 Å². The Morgan fingerprint density at radius 2 is 1.77 bits per heavy atom. The molecule has 0 unspecified atom stereocenters. The summed E-state index contributed by atoms with van der Waals surface area (Å²) in [7, 11) is 0. The van der Waals surface area contributed by atoms with Crippen LogP contribution in [0.2, 0.25) is 15.1 Å². The third kappa shape index (κ3) is 5.10. The van der Waals surface area contributed by atoms with Gasteiger partial charge in [-0.3, -0.25) is 14.3 Å². The third-order valence-corrected chi connectivity index (χ3v) is 5.41. The summed E-state index contributed by atoms with van der Waals surface area (Å²) in [5.41, 5.74) is 1.82. The first-order valence-electron chi connectivity index (χ1n) is 8.79. The van der Waals surface area contributed by atoms with Gasteiger partial charge in [-0.15, -0.1) is 0 Å². The molecule has 30 heavy (non-hydrogen) atoms. The first kappa shape index (κ1) is 22.1. The Kier molecular flexibility index (Phi) is 6.96. The van der Waals surface area contributed by atoms with E-state index in [-0.39, 0.29) is 42.3 Å². The molecule has 0 bridgehead atoms. The molecule has 0 spiro atoms. The van der Waals surface area contributed by atoms with E-state index in [1.807, 2.05) is 6.92 Å². The molecule has 9 nitrogen and oxygen atoms in total. The van der Waals surface area contributed by atoms with Gasteiger partial charge in [0, 0.05) is 18.7 Å². The van der Waals surface area contributed by atoms with Gasteiger partial charge in [0.05, 0.1) is 26.5 Å². The maximum Gasteiger partial charge on any atom is 0.316 e. The zero-order valence-electron chi connectivity index (χ0n) is 16.0. The number of rotatable bonds is 7. The predicted octanol–water partition coefficient (Wildman–Crippen LogP) is 3.05.